The molecule has 0 N–H and O–H groups in total. The fraction of sp³-hybridized carbons (Fsp3) is 0.786. The lowest BCUT2D eigenvalue weighted by Gasteiger charge is -2.29. The van der Waals surface area contributed by atoms with Crippen molar-refractivity contribution in [2.45, 2.75) is 59.4 Å². The number of esters is 1. The van der Waals surface area contributed by atoms with E-state index >= 15 is 0 Å². The van der Waals surface area contributed by atoms with Crippen molar-refractivity contribution in [3.63, 3.8) is 0 Å². The summed E-state index contributed by atoms with van der Waals surface area (Å²) in [6.07, 6.45) is 7.69. The van der Waals surface area contributed by atoms with Crippen molar-refractivity contribution in [3.05, 3.63) is 12.2 Å². The first-order valence-corrected chi connectivity index (χ1v) is 6.72. The first-order valence-electron chi connectivity index (χ1n) is 6.72. The lowest BCUT2D eigenvalue weighted by atomic mass is 10.1. The molecule has 0 saturated carbocycles. The van der Waals surface area contributed by atoms with Crippen LogP contribution in [0.15, 0.2) is 12.2 Å². The molecule has 3 heteroatoms. The first kappa shape index (κ1) is 16.2. The van der Waals surface area contributed by atoms with Gasteiger partial charge >= 0.3 is 5.97 Å². The van der Waals surface area contributed by atoms with Crippen LogP contribution in [0.4, 0.5) is 0 Å². The number of nitrogens with zero attached hydrogens (tertiary/aromatic N) is 1. The van der Waals surface area contributed by atoms with E-state index in [2.05, 4.69) is 25.7 Å². The molecular weight excluding hydrogens is 214 g/mol. The number of hydrogen-bond acceptors (Lipinski definition) is 3. The van der Waals surface area contributed by atoms with Gasteiger partial charge in [-0.05, 0) is 26.2 Å². The Kier molecular flexibility index (Phi) is 9.83. The molecule has 0 rings (SSSR count). The zero-order valence-corrected chi connectivity index (χ0v) is 11.7. The molecule has 0 aromatic heterocycles. The zero-order chi connectivity index (χ0) is 13.1. The Hall–Kier alpha value is -0.830. The van der Waals surface area contributed by atoms with Gasteiger partial charge in [0.15, 0.2) is 0 Å². The van der Waals surface area contributed by atoms with Gasteiger partial charge in [-0.15, -0.1) is 0 Å². The Balaban J connectivity index is 4.24. The van der Waals surface area contributed by atoms with E-state index < -0.39 is 0 Å². The average molecular weight is 241 g/mol. The molecule has 0 aromatic rings. The van der Waals surface area contributed by atoms with Gasteiger partial charge in [-0.1, -0.05) is 33.3 Å². The molecule has 1 atom stereocenters. The van der Waals surface area contributed by atoms with Crippen LogP contribution in [0.25, 0.3) is 0 Å². The zero-order valence-electron chi connectivity index (χ0n) is 11.7. The van der Waals surface area contributed by atoms with Crippen molar-refractivity contribution in [2.24, 2.45) is 0 Å². The summed E-state index contributed by atoms with van der Waals surface area (Å²) in [5.74, 6) is -0.250. The SMILES string of the molecule is C/C=C\C(=O)OCN(CCC)C(CC)CCC. The number of carbonyl (C=O) groups excluding carboxylic acids is 1. The van der Waals surface area contributed by atoms with E-state index in [-0.39, 0.29) is 5.97 Å². The van der Waals surface area contributed by atoms with Gasteiger partial charge < -0.3 is 4.74 Å². The molecule has 0 aliphatic rings. The third-order valence-corrected chi connectivity index (χ3v) is 2.80. The summed E-state index contributed by atoms with van der Waals surface area (Å²) >= 11 is 0. The van der Waals surface area contributed by atoms with Gasteiger partial charge in [0, 0.05) is 18.7 Å². The van der Waals surface area contributed by atoms with E-state index in [0.717, 1.165) is 25.8 Å². The number of ether oxygens (including phenoxy) is 1. The van der Waals surface area contributed by atoms with E-state index in [1.54, 1.807) is 6.08 Å². The highest BCUT2D eigenvalue weighted by molar-refractivity contribution is 5.81. The molecule has 0 fully saturated rings. The van der Waals surface area contributed by atoms with Crippen molar-refractivity contribution in [3.8, 4) is 0 Å². The predicted octanol–water partition coefficient (Wildman–Crippen LogP) is 3.35. The largest absolute Gasteiger partial charge is 0.446 e. The molecule has 0 heterocycles. The monoisotopic (exact) mass is 241 g/mol. The van der Waals surface area contributed by atoms with E-state index in [0.29, 0.717) is 12.8 Å². The van der Waals surface area contributed by atoms with Crippen LogP contribution in [0.2, 0.25) is 0 Å². The molecule has 0 saturated heterocycles. The minimum absolute atomic E-state index is 0.250. The van der Waals surface area contributed by atoms with Crippen LogP contribution in [-0.4, -0.2) is 30.2 Å². The van der Waals surface area contributed by atoms with Crippen molar-refractivity contribution in [2.75, 3.05) is 13.3 Å². The number of allylic oxidation sites excluding steroid dienone is 1. The third kappa shape index (κ3) is 7.16. The van der Waals surface area contributed by atoms with Crippen molar-refractivity contribution < 1.29 is 9.53 Å². The summed E-state index contributed by atoms with van der Waals surface area (Å²) in [7, 11) is 0. The van der Waals surface area contributed by atoms with Crippen LogP contribution in [0.1, 0.15) is 53.4 Å². The molecule has 0 radical (unpaired) electrons. The Morgan fingerprint density at radius 1 is 1.29 bits per heavy atom. The lowest BCUT2D eigenvalue weighted by Crippen LogP contribution is -2.37. The molecule has 17 heavy (non-hydrogen) atoms. The summed E-state index contributed by atoms with van der Waals surface area (Å²) in [5.41, 5.74) is 0. The molecule has 0 aliphatic carbocycles. The highest BCUT2D eigenvalue weighted by atomic mass is 16.5. The quantitative estimate of drug-likeness (QED) is 0.352. The summed E-state index contributed by atoms with van der Waals surface area (Å²) in [6, 6.07) is 0.526. The molecule has 0 bridgehead atoms. The average Bonchev–Trinajstić information content (AvgIpc) is 2.32. The lowest BCUT2D eigenvalue weighted by molar-refractivity contribution is -0.143. The van der Waals surface area contributed by atoms with E-state index in [4.69, 9.17) is 4.74 Å². The number of hydrogen-bond donors (Lipinski definition) is 0. The minimum atomic E-state index is -0.250. The Bertz CT molecular complexity index is 226. The van der Waals surface area contributed by atoms with Gasteiger partial charge in [-0.3, -0.25) is 4.90 Å². The summed E-state index contributed by atoms with van der Waals surface area (Å²) in [5, 5.41) is 0. The van der Waals surface area contributed by atoms with Crippen molar-refractivity contribution in [1.29, 1.82) is 0 Å². The van der Waals surface area contributed by atoms with Gasteiger partial charge in [0.1, 0.15) is 6.73 Å². The normalized spacial score (nSPS) is 13.2. The second-order valence-corrected chi connectivity index (χ2v) is 4.26. The Morgan fingerprint density at radius 2 is 2.00 bits per heavy atom. The molecule has 0 aliphatic heterocycles. The summed E-state index contributed by atoms with van der Waals surface area (Å²) in [6.45, 7) is 9.75. The van der Waals surface area contributed by atoms with Gasteiger partial charge in [-0.25, -0.2) is 4.79 Å². The highest BCUT2D eigenvalue weighted by Gasteiger charge is 2.16. The van der Waals surface area contributed by atoms with Crippen LogP contribution in [0.5, 0.6) is 0 Å². The third-order valence-electron chi connectivity index (χ3n) is 2.80. The van der Waals surface area contributed by atoms with E-state index in [1.165, 1.54) is 12.5 Å². The van der Waals surface area contributed by atoms with Crippen molar-refractivity contribution >= 4 is 5.97 Å². The minimum Gasteiger partial charge on any atom is -0.446 e. The van der Waals surface area contributed by atoms with Gasteiger partial charge in [0.05, 0.1) is 0 Å². The van der Waals surface area contributed by atoms with Gasteiger partial charge in [0.2, 0.25) is 0 Å². The van der Waals surface area contributed by atoms with Crippen molar-refractivity contribution in [1.82, 2.24) is 4.90 Å². The predicted molar refractivity (Wildman–Crippen MR) is 71.8 cm³/mol. The van der Waals surface area contributed by atoms with Crippen LogP contribution in [-0.2, 0) is 9.53 Å². The Morgan fingerprint density at radius 3 is 2.47 bits per heavy atom. The molecule has 0 amide bonds. The molecule has 0 spiro atoms. The highest BCUT2D eigenvalue weighted by Crippen LogP contribution is 2.11. The summed E-state index contributed by atoms with van der Waals surface area (Å²) < 4.78 is 5.23. The van der Waals surface area contributed by atoms with E-state index in [9.17, 15) is 4.79 Å². The van der Waals surface area contributed by atoms with Crippen LogP contribution in [0.3, 0.4) is 0 Å². The molecule has 0 aromatic carbocycles. The molecule has 3 nitrogen and oxygen atoms in total. The molecular formula is C14H27NO2. The second-order valence-electron chi connectivity index (χ2n) is 4.26. The number of rotatable bonds is 9. The fourth-order valence-corrected chi connectivity index (χ4v) is 1.95. The van der Waals surface area contributed by atoms with Crippen LogP contribution >= 0.6 is 0 Å². The maximum atomic E-state index is 11.3. The van der Waals surface area contributed by atoms with Gasteiger partial charge in [0.25, 0.3) is 0 Å². The standard InChI is InChI=1S/C14H27NO2/c1-5-9-13(8-4)15(11-7-3)12-17-14(16)10-6-2/h6,10,13H,5,7-9,11-12H2,1-4H3/b10-6-. The maximum Gasteiger partial charge on any atom is 0.331 e. The summed E-state index contributed by atoms with van der Waals surface area (Å²) in [4.78, 5) is 13.6. The second kappa shape index (κ2) is 10.3. The smallest absolute Gasteiger partial charge is 0.331 e. The maximum absolute atomic E-state index is 11.3. The van der Waals surface area contributed by atoms with Crippen LogP contribution in [0, 0.1) is 0 Å². The van der Waals surface area contributed by atoms with Crippen LogP contribution < -0.4 is 0 Å². The molecule has 100 valence electrons. The molecule has 1 unspecified atom stereocenters. The fourth-order valence-electron chi connectivity index (χ4n) is 1.95. The Labute approximate surface area is 106 Å². The topological polar surface area (TPSA) is 29.5 Å². The number of carbonyl (C=O) groups is 1. The van der Waals surface area contributed by atoms with Gasteiger partial charge in [-0.2, -0.15) is 0 Å². The van der Waals surface area contributed by atoms with E-state index in [1.807, 2.05) is 6.92 Å². The first-order chi connectivity index (χ1) is 8.19.